The number of benzene rings is 2. The van der Waals surface area contributed by atoms with Crippen LogP contribution >= 0.6 is 11.8 Å². The largest absolute Gasteiger partial charge is 0.444 e. The Labute approximate surface area is 229 Å². The first kappa shape index (κ1) is 24.3. The molecule has 3 aromatic rings. The molecular formula is C31H36N4O2S. The minimum absolute atomic E-state index is 0.117. The second kappa shape index (κ2) is 8.60. The molecule has 38 heavy (non-hydrogen) atoms. The molecule has 2 aliphatic carbocycles. The molecule has 1 amide bonds. The van der Waals surface area contributed by atoms with Gasteiger partial charge in [0.25, 0.3) is 0 Å². The summed E-state index contributed by atoms with van der Waals surface area (Å²) < 4.78 is 5.77. The third-order valence-electron chi connectivity index (χ3n) is 9.07. The Morgan fingerprint density at radius 3 is 2.50 bits per heavy atom. The van der Waals surface area contributed by atoms with E-state index >= 15 is 0 Å². The highest BCUT2D eigenvalue weighted by molar-refractivity contribution is 7.98. The first-order chi connectivity index (χ1) is 18.2. The van der Waals surface area contributed by atoms with Crippen molar-refractivity contribution in [3.63, 3.8) is 0 Å². The van der Waals surface area contributed by atoms with Crippen LogP contribution in [-0.4, -0.2) is 58.0 Å². The molecule has 1 spiro atoms. The van der Waals surface area contributed by atoms with Crippen LogP contribution in [0.15, 0.2) is 41.6 Å². The molecular weight excluding hydrogens is 492 g/mol. The van der Waals surface area contributed by atoms with Crippen molar-refractivity contribution < 1.29 is 9.53 Å². The number of amides is 1. The highest BCUT2D eigenvalue weighted by Crippen LogP contribution is 2.50. The molecule has 2 bridgehead atoms. The number of fused-ring (bicyclic) bond motifs is 4. The van der Waals surface area contributed by atoms with Gasteiger partial charge in [-0.2, -0.15) is 0 Å². The van der Waals surface area contributed by atoms with E-state index in [2.05, 4.69) is 47.6 Å². The molecule has 3 atom stereocenters. The first-order valence-corrected chi connectivity index (χ1v) is 15.2. The Balaban J connectivity index is 1.21. The van der Waals surface area contributed by atoms with Crippen LogP contribution in [-0.2, 0) is 29.4 Å². The van der Waals surface area contributed by atoms with E-state index in [1.54, 1.807) is 11.8 Å². The van der Waals surface area contributed by atoms with Crippen LogP contribution in [0.5, 0.6) is 0 Å². The zero-order valence-electron chi connectivity index (χ0n) is 22.8. The molecule has 1 aromatic heterocycles. The summed E-state index contributed by atoms with van der Waals surface area (Å²) in [6.07, 6.45) is 8.11. The molecule has 2 aromatic carbocycles. The lowest BCUT2D eigenvalue weighted by Gasteiger charge is -2.43. The Bertz CT molecular complexity index is 1430. The van der Waals surface area contributed by atoms with Crippen LogP contribution in [0.1, 0.15) is 62.4 Å². The summed E-state index contributed by atoms with van der Waals surface area (Å²) in [6, 6.07) is 13.9. The third-order valence-corrected chi connectivity index (χ3v) is 9.62. The molecule has 0 saturated carbocycles. The predicted molar refractivity (Wildman–Crippen MR) is 152 cm³/mol. The molecule has 2 saturated heterocycles. The van der Waals surface area contributed by atoms with E-state index in [9.17, 15) is 4.79 Å². The number of aromatic nitrogens is 2. The van der Waals surface area contributed by atoms with E-state index in [1.165, 1.54) is 33.2 Å². The number of carbonyl (C=O) groups excluding carboxylic acids is 1. The number of anilines is 1. The van der Waals surface area contributed by atoms with Crippen molar-refractivity contribution in [1.82, 2.24) is 14.9 Å². The van der Waals surface area contributed by atoms with Crippen LogP contribution < -0.4 is 4.90 Å². The number of carbonyl (C=O) groups is 1. The maximum absolute atomic E-state index is 13.0. The molecule has 2 fully saturated rings. The zero-order valence-corrected chi connectivity index (χ0v) is 23.6. The number of piperazine rings is 1. The number of rotatable bonds is 2. The Kier molecular flexibility index (Phi) is 5.49. The predicted octanol–water partition coefficient (Wildman–Crippen LogP) is 5.92. The van der Waals surface area contributed by atoms with Gasteiger partial charge in [-0.15, -0.1) is 0 Å². The first-order valence-electron chi connectivity index (χ1n) is 14.0. The molecule has 3 heterocycles. The van der Waals surface area contributed by atoms with E-state index in [1.807, 2.05) is 25.7 Å². The summed E-state index contributed by atoms with van der Waals surface area (Å²) >= 11 is 1.63. The monoisotopic (exact) mass is 528 g/mol. The van der Waals surface area contributed by atoms with Gasteiger partial charge in [0, 0.05) is 30.5 Å². The summed E-state index contributed by atoms with van der Waals surface area (Å²) in [7, 11) is 0. The van der Waals surface area contributed by atoms with Gasteiger partial charge in [0.15, 0.2) is 5.16 Å². The van der Waals surface area contributed by atoms with Gasteiger partial charge in [-0.25, -0.2) is 14.8 Å². The van der Waals surface area contributed by atoms with Gasteiger partial charge in [-0.05, 0) is 81.0 Å². The van der Waals surface area contributed by atoms with Gasteiger partial charge in [-0.3, -0.25) is 4.90 Å². The average Bonchev–Trinajstić information content (AvgIpc) is 3.34. The SMILES string of the molecule is CSc1nc2c(c(N3C[C@H]4CC[C@@H](C3)N4C(=O)OC(C)(C)C)n1)CCC1(C2)Cc2cccc3cccc1c23. The lowest BCUT2D eigenvalue weighted by molar-refractivity contribution is 0.0122. The van der Waals surface area contributed by atoms with E-state index in [0.29, 0.717) is 0 Å². The van der Waals surface area contributed by atoms with Gasteiger partial charge in [0.1, 0.15) is 11.4 Å². The van der Waals surface area contributed by atoms with Crippen LogP contribution in [0.25, 0.3) is 10.8 Å². The fraction of sp³-hybridized carbons (Fsp3) is 0.516. The van der Waals surface area contributed by atoms with E-state index in [0.717, 1.165) is 62.6 Å². The molecule has 6 nitrogen and oxygen atoms in total. The highest BCUT2D eigenvalue weighted by Gasteiger charge is 2.47. The minimum atomic E-state index is -0.479. The Hall–Kier alpha value is -2.80. The van der Waals surface area contributed by atoms with Crippen molar-refractivity contribution in [2.45, 2.75) is 87.6 Å². The third kappa shape index (κ3) is 3.80. The van der Waals surface area contributed by atoms with Gasteiger partial charge < -0.3 is 9.64 Å². The number of hydrogen-bond donors (Lipinski definition) is 0. The normalized spacial score (nSPS) is 25.8. The quantitative estimate of drug-likeness (QED) is 0.304. The zero-order chi connectivity index (χ0) is 26.2. The second-order valence-corrected chi connectivity index (χ2v) is 13.4. The van der Waals surface area contributed by atoms with Crippen molar-refractivity contribution in [3.8, 4) is 0 Å². The lowest BCUT2D eigenvalue weighted by atomic mass is 9.69. The van der Waals surface area contributed by atoms with Crippen LogP contribution in [0.2, 0.25) is 0 Å². The smallest absolute Gasteiger partial charge is 0.410 e. The van der Waals surface area contributed by atoms with Gasteiger partial charge in [0.2, 0.25) is 0 Å². The van der Waals surface area contributed by atoms with Crippen molar-refractivity contribution >= 4 is 34.4 Å². The summed E-state index contributed by atoms with van der Waals surface area (Å²) in [5, 5.41) is 3.67. The minimum Gasteiger partial charge on any atom is -0.444 e. The molecule has 0 N–H and O–H groups in total. The van der Waals surface area contributed by atoms with Crippen molar-refractivity contribution in [1.29, 1.82) is 0 Å². The average molecular weight is 529 g/mol. The molecule has 1 unspecified atom stereocenters. The van der Waals surface area contributed by atoms with Crippen molar-refractivity contribution in [2.24, 2.45) is 0 Å². The molecule has 198 valence electrons. The fourth-order valence-electron chi connectivity index (χ4n) is 7.56. The van der Waals surface area contributed by atoms with Crippen LogP contribution in [0.4, 0.5) is 10.6 Å². The van der Waals surface area contributed by atoms with Crippen LogP contribution in [0, 0.1) is 0 Å². The molecule has 7 rings (SSSR count). The van der Waals surface area contributed by atoms with Crippen molar-refractivity contribution in [3.05, 3.63) is 58.8 Å². The summed E-state index contributed by atoms with van der Waals surface area (Å²) in [6.45, 7) is 7.44. The van der Waals surface area contributed by atoms with Gasteiger partial charge in [-0.1, -0.05) is 48.2 Å². The number of thioether (sulfide) groups is 1. The standard InChI is InChI=1S/C31H36N4O2S/c1-30(2,3)37-29(36)35-21-11-12-22(35)18-34(17-21)27-23-13-14-31(16-25(23)32-28(33-27)38-4)15-20-9-5-7-19-8-6-10-24(31)26(19)20/h5-10,21-22H,11-18H2,1-4H3/t21-,22+,31?. The second-order valence-electron chi connectivity index (χ2n) is 12.6. The lowest BCUT2D eigenvalue weighted by Crippen LogP contribution is -2.57. The fourth-order valence-corrected chi connectivity index (χ4v) is 7.94. The Morgan fingerprint density at radius 1 is 1.05 bits per heavy atom. The molecule has 7 heteroatoms. The highest BCUT2D eigenvalue weighted by atomic mass is 32.2. The van der Waals surface area contributed by atoms with Crippen molar-refractivity contribution in [2.75, 3.05) is 24.2 Å². The molecule has 0 radical (unpaired) electrons. The maximum Gasteiger partial charge on any atom is 0.410 e. The topological polar surface area (TPSA) is 58.6 Å². The Morgan fingerprint density at radius 2 is 1.79 bits per heavy atom. The maximum atomic E-state index is 13.0. The van der Waals surface area contributed by atoms with Gasteiger partial charge >= 0.3 is 6.09 Å². The number of ether oxygens (including phenoxy) is 1. The summed E-state index contributed by atoms with van der Waals surface area (Å²) in [4.78, 5) is 27.7. The number of nitrogens with zero attached hydrogens (tertiary/aromatic N) is 4. The van der Waals surface area contributed by atoms with Crippen LogP contribution in [0.3, 0.4) is 0 Å². The number of hydrogen-bond acceptors (Lipinski definition) is 6. The summed E-state index contributed by atoms with van der Waals surface area (Å²) in [5.41, 5.74) is 5.17. The van der Waals surface area contributed by atoms with Gasteiger partial charge in [0.05, 0.1) is 17.8 Å². The van der Waals surface area contributed by atoms with E-state index in [-0.39, 0.29) is 23.6 Å². The molecule has 4 aliphatic rings. The summed E-state index contributed by atoms with van der Waals surface area (Å²) in [5.74, 6) is 1.10. The van der Waals surface area contributed by atoms with E-state index in [4.69, 9.17) is 14.7 Å². The molecule has 2 aliphatic heterocycles. The van der Waals surface area contributed by atoms with E-state index < -0.39 is 5.60 Å².